The lowest BCUT2D eigenvalue weighted by Gasteiger charge is -2.25. The highest BCUT2D eigenvalue weighted by molar-refractivity contribution is 5.99. The van der Waals surface area contributed by atoms with Crippen molar-refractivity contribution in [1.82, 2.24) is 40.8 Å². The number of ether oxygens (including phenoxy) is 1. The molecule has 20 nitrogen and oxygen atoms in total. The molecule has 0 saturated carbocycles. The molecule has 12 N–H and O–H groups in total. The molecule has 6 aromatic rings. The van der Waals surface area contributed by atoms with Crippen LogP contribution in [0.1, 0.15) is 34.6 Å². The number of Topliss-reactive ketones (excluding diaryl/α,β-unsaturated/α-hetero) is 1. The quantitative estimate of drug-likeness (QED) is 0.0578. The highest BCUT2D eigenvalue weighted by atomic mass is 16.6. The van der Waals surface area contributed by atoms with Gasteiger partial charge in [-0.2, -0.15) is 0 Å². The van der Waals surface area contributed by atoms with E-state index in [1.165, 1.54) is 13.0 Å². The van der Waals surface area contributed by atoms with Crippen LogP contribution in [0.15, 0.2) is 107 Å². The third-order valence-corrected chi connectivity index (χ3v) is 10.8. The van der Waals surface area contributed by atoms with Gasteiger partial charge in [0, 0.05) is 77.2 Å². The molecule has 1 saturated heterocycles. The number of aliphatic hydroxyl groups is 2. The van der Waals surface area contributed by atoms with Crippen LogP contribution in [-0.2, 0) is 32.0 Å². The summed E-state index contributed by atoms with van der Waals surface area (Å²) in [7, 11) is 0. The summed E-state index contributed by atoms with van der Waals surface area (Å²) in [5.74, 6) is -2.55. The summed E-state index contributed by atoms with van der Waals surface area (Å²) in [6, 6.07) is 17.4. The van der Waals surface area contributed by atoms with Gasteiger partial charge in [-0.1, -0.05) is 48.5 Å². The number of anilines is 1. The van der Waals surface area contributed by atoms with E-state index in [0.717, 1.165) is 44.2 Å². The standard InChI is InChI=1S/C43H46N10O10/c1-22(54)23-7-6-8-26(15-23)49-42(61)51-32(17-25-19-46-31-12-5-3-10-28(25)31)40(60)50-33(20-47-38(58)29(44)16-24-18-45-30-11-4-2-9-27(24)30)39(59)48-21-34-36(56)37(57)41(63-34)53-14-13-35(55)52-43(53)62/h2-15,18-19,29,32-34,36-37,41,45-46,56-57H,16-17,20-21,44H2,1H3,(H,47,58)(H,48,59)(H,50,60)(H2,49,51,61)(H,52,55,62). The molecular formula is C43H46N10O10. The number of hydrogen-bond donors (Lipinski definition) is 11. The second kappa shape index (κ2) is 19.1. The van der Waals surface area contributed by atoms with Gasteiger partial charge in [-0.25, -0.2) is 9.59 Å². The Bertz CT molecular complexity index is 2780. The SMILES string of the molecule is CC(=O)c1cccc(NC(=O)NC(Cc2c[nH]c3ccccc23)C(=O)NC(CNC(=O)C(N)Cc2c[nH]c3ccccc23)C(=O)NCC2OC(n3ccc(=O)[nH]c3=O)C(O)C2O)c1. The topological polar surface area (TPSA) is 308 Å². The molecule has 328 valence electrons. The minimum Gasteiger partial charge on any atom is -0.387 e. The van der Waals surface area contributed by atoms with Crippen molar-refractivity contribution in [2.45, 2.75) is 62.4 Å². The molecule has 0 spiro atoms. The van der Waals surface area contributed by atoms with Gasteiger partial charge >= 0.3 is 11.7 Å². The van der Waals surface area contributed by atoms with E-state index < -0.39 is 90.8 Å². The monoisotopic (exact) mass is 862 g/mol. The fourth-order valence-corrected chi connectivity index (χ4v) is 7.40. The van der Waals surface area contributed by atoms with Crippen LogP contribution in [0, 0.1) is 0 Å². The zero-order valence-corrected chi connectivity index (χ0v) is 33.8. The van der Waals surface area contributed by atoms with E-state index in [9.17, 15) is 43.8 Å². The summed E-state index contributed by atoms with van der Waals surface area (Å²) < 4.78 is 6.61. The number of nitrogens with two attached hydrogens (primary N) is 1. The first-order chi connectivity index (χ1) is 30.2. The predicted molar refractivity (Wildman–Crippen MR) is 230 cm³/mol. The maximum Gasteiger partial charge on any atom is 0.330 e. The van der Waals surface area contributed by atoms with Crippen LogP contribution in [0.25, 0.3) is 21.8 Å². The molecule has 1 fully saturated rings. The fraction of sp³-hybridized carbons (Fsp3) is 0.279. The number of amides is 5. The Morgan fingerprint density at radius 3 is 2.11 bits per heavy atom. The minimum absolute atomic E-state index is 0.0571. The third kappa shape index (κ3) is 10.2. The largest absolute Gasteiger partial charge is 0.387 e. The first-order valence-electron chi connectivity index (χ1n) is 20.0. The Morgan fingerprint density at radius 1 is 0.778 bits per heavy atom. The van der Waals surface area contributed by atoms with E-state index in [4.69, 9.17) is 10.5 Å². The van der Waals surface area contributed by atoms with Gasteiger partial charge in [-0.15, -0.1) is 0 Å². The number of aromatic amines is 3. The average molecular weight is 863 g/mol. The van der Waals surface area contributed by atoms with Crippen molar-refractivity contribution in [3.8, 4) is 0 Å². The second-order valence-electron chi connectivity index (χ2n) is 15.1. The second-order valence-corrected chi connectivity index (χ2v) is 15.1. The van der Waals surface area contributed by atoms with Gasteiger partial charge < -0.3 is 57.2 Å². The van der Waals surface area contributed by atoms with Crippen LogP contribution in [0.2, 0.25) is 0 Å². The molecule has 7 atom stereocenters. The smallest absolute Gasteiger partial charge is 0.330 e. The van der Waals surface area contributed by atoms with E-state index in [0.29, 0.717) is 11.1 Å². The minimum atomic E-state index is -1.64. The maximum atomic E-state index is 14.3. The van der Waals surface area contributed by atoms with Crippen molar-refractivity contribution >= 4 is 57.0 Å². The number of nitrogens with zero attached hydrogens (tertiary/aromatic N) is 1. The zero-order chi connectivity index (χ0) is 44.8. The van der Waals surface area contributed by atoms with E-state index in [-0.39, 0.29) is 24.3 Å². The normalized spacial score (nSPS) is 18.6. The van der Waals surface area contributed by atoms with Crippen LogP contribution >= 0.6 is 0 Å². The van der Waals surface area contributed by atoms with Gasteiger partial charge in [-0.3, -0.25) is 33.5 Å². The van der Waals surface area contributed by atoms with Gasteiger partial charge in [-0.05, 0) is 48.7 Å². The van der Waals surface area contributed by atoms with Crippen molar-refractivity contribution in [3.05, 3.63) is 135 Å². The number of aromatic nitrogens is 4. The van der Waals surface area contributed by atoms with E-state index in [2.05, 4.69) is 36.6 Å². The highest BCUT2D eigenvalue weighted by Gasteiger charge is 2.44. The van der Waals surface area contributed by atoms with Crippen molar-refractivity contribution in [3.63, 3.8) is 0 Å². The maximum absolute atomic E-state index is 14.3. The molecule has 4 heterocycles. The first-order valence-corrected chi connectivity index (χ1v) is 20.0. The summed E-state index contributed by atoms with van der Waals surface area (Å²) in [6.45, 7) is 0.464. The van der Waals surface area contributed by atoms with Crippen LogP contribution < -0.4 is 43.6 Å². The Labute approximate surface area is 357 Å². The summed E-state index contributed by atoms with van der Waals surface area (Å²) in [6.07, 6.45) is -1.34. The average Bonchev–Trinajstić information content (AvgIpc) is 3.95. The Hall–Kier alpha value is -7.39. The van der Waals surface area contributed by atoms with E-state index in [1.54, 1.807) is 30.6 Å². The van der Waals surface area contributed by atoms with Crippen molar-refractivity contribution in [2.75, 3.05) is 18.4 Å². The lowest BCUT2D eigenvalue weighted by atomic mass is 10.0. The number of urea groups is 1. The third-order valence-electron chi connectivity index (χ3n) is 10.8. The molecule has 7 unspecified atom stereocenters. The van der Waals surface area contributed by atoms with Gasteiger partial charge in [0.1, 0.15) is 30.4 Å². The highest BCUT2D eigenvalue weighted by Crippen LogP contribution is 2.28. The number of nitrogens with one attached hydrogen (secondary N) is 8. The van der Waals surface area contributed by atoms with Crippen LogP contribution in [0.4, 0.5) is 10.5 Å². The number of carbonyl (C=O) groups is 5. The number of carbonyl (C=O) groups excluding carboxylic acids is 5. The first kappa shape index (κ1) is 43.7. The van der Waals surface area contributed by atoms with Crippen molar-refractivity contribution in [2.24, 2.45) is 5.73 Å². The molecule has 63 heavy (non-hydrogen) atoms. The van der Waals surface area contributed by atoms with Crippen LogP contribution in [0.3, 0.4) is 0 Å². The molecule has 0 bridgehead atoms. The number of fused-ring (bicyclic) bond motifs is 2. The van der Waals surface area contributed by atoms with Crippen molar-refractivity contribution in [1.29, 1.82) is 0 Å². The number of rotatable bonds is 16. The van der Waals surface area contributed by atoms with Crippen LogP contribution in [-0.4, -0.2) is 109 Å². The van der Waals surface area contributed by atoms with Crippen LogP contribution in [0.5, 0.6) is 0 Å². The summed E-state index contributed by atoms with van der Waals surface area (Å²) in [4.78, 5) is 99.5. The number of ketones is 1. The lowest BCUT2D eigenvalue weighted by Crippen LogP contribution is -2.59. The van der Waals surface area contributed by atoms with E-state index in [1.807, 2.05) is 53.5 Å². The molecule has 0 radical (unpaired) electrons. The molecule has 3 aromatic heterocycles. The van der Waals surface area contributed by atoms with Crippen molar-refractivity contribution < 1.29 is 38.9 Å². The predicted octanol–water partition coefficient (Wildman–Crippen LogP) is 0.0412. The molecular weight excluding hydrogens is 817 g/mol. The zero-order valence-electron chi connectivity index (χ0n) is 33.8. The van der Waals surface area contributed by atoms with Gasteiger partial charge in [0.05, 0.1) is 6.04 Å². The summed E-state index contributed by atoms with van der Waals surface area (Å²) >= 11 is 0. The number of hydrogen-bond acceptors (Lipinski definition) is 11. The van der Waals surface area contributed by atoms with Gasteiger partial charge in [0.2, 0.25) is 17.7 Å². The molecule has 1 aliphatic heterocycles. The molecule has 0 aliphatic carbocycles. The Morgan fingerprint density at radius 2 is 1.44 bits per heavy atom. The van der Waals surface area contributed by atoms with Gasteiger partial charge in [0.25, 0.3) is 5.56 Å². The van der Waals surface area contributed by atoms with E-state index >= 15 is 0 Å². The number of H-pyrrole nitrogens is 3. The Balaban J connectivity index is 1.10. The number of para-hydroxylation sites is 2. The number of benzene rings is 3. The number of aliphatic hydroxyl groups excluding tert-OH is 2. The van der Waals surface area contributed by atoms with Gasteiger partial charge in [0.15, 0.2) is 12.0 Å². The molecule has 3 aromatic carbocycles. The molecule has 1 aliphatic rings. The molecule has 5 amide bonds. The summed E-state index contributed by atoms with van der Waals surface area (Å²) in [5, 5.41) is 36.4. The molecule has 7 rings (SSSR count). The fourth-order valence-electron chi connectivity index (χ4n) is 7.40. The molecule has 20 heteroatoms. The Kier molecular flexibility index (Phi) is 13.3. The lowest BCUT2D eigenvalue weighted by molar-refractivity contribution is -0.131. The summed E-state index contributed by atoms with van der Waals surface area (Å²) in [5.41, 5.74) is 8.44.